The van der Waals surface area contributed by atoms with E-state index >= 15 is 0 Å². The van der Waals surface area contributed by atoms with Crippen LogP contribution in [-0.2, 0) is 6.54 Å². The zero-order valence-corrected chi connectivity index (χ0v) is 12.7. The minimum atomic E-state index is 0.505. The molecule has 4 nitrogen and oxygen atoms in total. The fourth-order valence-corrected chi connectivity index (χ4v) is 3.06. The van der Waals surface area contributed by atoms with E-state index in [1.807, 2.05) is 49.5 Å². The normalized spacial score (nSPS) is 13.1. The Labute approximate surface area is 133 Å². The van der Waals surface area contributed by atoms with Crippen molar-refractivity contribution in [3.05, 3.63) is 76.6 Å². The Morgan fingerprint density at radius 3 is 2.82 bits per heavy atom. The molecule has 1 aromatic carbocycles. The molecular weight excluding hydrogens is 296 g/mol. The number of aryl methyl sites for hydroxylation is 1. The number of imidazole rings is 1. The van der Waals surface area contributed by atoms with Gasteiger partial charge in [0, 0.05) is 23.7 Å². The predicted molar refractivity (Wildman–Crippen MR) is 86.9 cm³/mol. The summed E-state index contributed by atoms with van der Waals surface area (Å²) in [6.07, 6.45) is 3.63. The van der Waals surface area contributed by atoms with Gasteiger partial charge < -0.3 is 0 Å². The molecule has 4 rings (SSSR count). The molecule has 1 aliphatic heterocycles. The fraction of sp³-hybridized carbons (Fsp3) is 0.118. The average Bonchev–Trinajstić information content (AvgIpc) is 2.81. The Morgan fingerprint density at radius 1 is 1.09 bits per heavy atom. The molecule has 1 aliphatic rings. The van der Waals surface area contributed by atoms with Crippen molar-refractivity contribution < 1.29 is 0 Å². The largest absolute Gasteiger partial charge is 0.299 e. The molecule has 0 spiro atoms. The summed E-state index contributed by atoms with van der Waals surface area (Å²) in [7, 11) is 0. The van der Waals surface area contributed by atoms with E-state index in [9.17, 15) is 0 Å². The molecule has 0 amide bonds. The number of nitrogens with zero attached hydrogens (tertiary/aromatic N) is 4. The highest BCUT2D eigenvalue weighted by Crippen LogP contribution is 2.30. The van der Waals surface area contributed by atoms with Crippen LogP contribution in [0.25, 0.3) is 5.69 Å². The quantitative estimate of drug-likeness (QED) is 0.689. The molecule has 3 aromatic rings. The van der Waals surface area contributed by atoms with Crippen molar-refractivity contribution in [2.45, 2.75) is 13.5 Å². The molecule has 0 bridgehead atoms. The highest BCUT2D eigenvalue weighted by atomic mass is 35.5. The minimum Gasteiger partial charge on any atom is -0.299 e. The Bertz CT molecular complexity index is 881. The van der Waals surface area contributed by atoms with Crippen LogP contribution in [0, 0.1) is 6.92 Å². The highest BCUT2D eigenvalue weighted by Gasteiger charge is 2.23. The summed E-state index contributed by atoms with van der Waals surface area (Å²) in [6, 6.07) is 11.7. The molecule has 0 atom stereocenters. The van der Waals surface area contributed by atoms with Gasteiger partial charge in [-0.05, 0) is 31.2 Å². The van der Waals surface area contributed by atoms with Gasteiger partial charge in [-0.3, -0.25) is 14.5 Å². The van der Waals surface area contributed by atoms with Crippen molar-refractivity contribution in [2.75, 3.05) is 0 Å². The molecule has 0 saturated carbocycles. The van der Waals surface area contributed by atoms with E-state index < -0.39 is 0 Å². The van der Waals surface area contributed by atoms with Gasteiger partial charge in [0.1, 0.15) is 5.82 Å². The summed E-state index contributed by atoms with van der Waals surface area (Å²) in [4.78, 5) is 13.6. The average molecular weight is 309 g/mol. The topological polar surface area (TPSA) is 43.1 Å². The van der Waals surface area contributed by atoms with Gasteiger partial charge in [-0.2, -0.15) is 0 Å². The van der Waals surface area contributed by atoms with Gasteiger partial charge in [-0.15, -0.1) is 0 Å². The third-order valence-electron chi connectivity index (χ3n) is 3.77. The number of hydrogen-bond acceptors (Lipinski definition) is 3. The number of aliphatic imine (C=N–C) groups is 1. The monoisotopic (exact) mass is 308 g/mol. The zero-order chi connectivity index (χ0) is 15.1. The third kappa shape index (κ3) is 1.96. The van der Waals surface area contributed by atoms with Gasteiger partial charge in [-0.25, -0.2) is 4.98 Å². The summed E-state index contributed by atoms with van der Waals surface area (Å²) in [5.41, 5.74) is 4.60. The first-order valence-corrected chi connectivity index (χ1v) is 7.42. The van der Waals surface area contributed by atoms with Gasteiger partial charge in [0.25, 0.3) is 0 Å². The minimum absolute atomic E-state index is 0.505. The number of rotatable bonds is 1. The molecule has 0 radical (unpaired) electrons. The van der Waals surface area contributed by atoms with Crippen molar-refractivity contribution in [1.82, 2.24) is 14.5 Å². The number of benzene rings is 1. The second-order valence-electron chi connectivity index (χ2n) is 5.16. The molecule has 0 unspecified atom stereocenters. The van der Waals surface area contributed by atoms with Crippen molar-refractivity contribution in [1.29, 1.82) is 0 Å². The second-order valence-corrected chi connectivity index (χ2v) is 5.57. The molecule has 3 heterocycles. The second kappa shape index (κ2) is 5.07. The lowest BCUT2D eigenvalue weighted by Crippen LogP contribution is -2.10. The number of aromatic nitrogens is 3. The molecule has 2 aromatic heterocycles. The van der Waals surface area contributed by atoms with Gasteiger partial charge >= 0.3 is 0 Å². The smallest absolute Gasteiger partial charge is 0.135 e. The van der Waals surface area contributed by atoms with E-state index in [0.29, 0.717) is 11.6 Å². The van der Waals surface area contributed by atoms with Gasteiger partial charge in [0.15, 0.2) is 0 Å². The van der Waals surface area contributed by atoms with E-state index in [1.165, 1.54) is 0 Å². The molecule has 5 heteroatoms. The van der Waals surface area contributed by atoms with Crippen molar-refractivity contribution in [3.63, 3.8) is 0 Å². The zero-order valence-electron chi connectivity index (χ0n) is 12.0. The van der Waals surface area contributed by atoms with Crippen LogP contribution in [0.2, 0.25) is 5.02 Å². The van der Waals surface area contributed by atoms with Crippen molar-refractivity contribution >= 4 is 17.3 Å². The van der Waals surface area contributed by atoms with Crippen LogP contribution in [0.15, 0.2) is 53.8 Å². The first-order valence-electron chi connectivity index (χ1n) is 7.04. The van der Waals surface area contributed by atoms with Crippen LogP contribution in [0.3, 0.4) is 0 Å². The van der Waals surface area contributed by atoms with Gasteiger partial charge in [0.05, 0.1) is 28.7 Å². The Morgan fingerprint density at radius 2 is 2.00 bits per heavy atom. The van der Waals surface area contributed by atoms with E-state index in [1.54, 1.807) is 6.20 Å². The summed E-state index contributed by atoms with van der Waals surface area (Å²) in [5, 5.41) is 0.669. The van der Waals surface area contributed by atoms with E-state index in [-0.39, 0.29) is 0 Å². The van der Waals surface area contributed by atoms with Gasteiger partial charge in [-0.1, -0.05) is 23.7 Å². The molecule has 22 heavy (non-hydrogen) atoms. The van der Waals surface area contributed by atoms with Crippen LogP contribution in [0.1, 0.15) is 22.8 Å². The summed E-state index contributed by atoms with van der Waals surface area (Å²) in [6.45, 7) is 2.54. The maximum absolute atomic E-state index is 6.50. The molecule has 108 valence electrons. The van der Waals surface area contributed by atoms with Crippen LogP contribution in [0.5, 0.6) is 0 Å². The molecule has 0 fully saturated rings. The Hall–Kier alpha value is -2.46. The van der Waals surface area contributed by atoms with Crippen LogP contribution >= 0.6 is 11.6 Å². The third-order valence-corrected chi connectivity index (χ3v) is 4.08. The lowest BCUT2D eigenvalue weighted by atomic mass is 10.0. The van der Waals surface area contributed by atoms with Crippen LogP contribution in [-0.4, -0.2) is 20.2 Å². The SMILES string of the molecule is Cc1cnc2n1-c1cccc(Cl)c1C(c1ccccn1)=NC2. The van der Waals surface area contributed by atoms with E-state index in [0.717, 1.165) is 34.2 Å². The standard InChI is InChI=1S/C17H13ClN4/c1-11-9-20-15-10-21-17(13-6-2-3-8-19-13)16-12(18)5-4-7-14(16)22(11)15/h2-9H,10H2,1H3. The summed E-state index contributed by atoms with van der Waals surface area (Å²) < 4.78 is 2.11. The lowest BCUT2D eigenvalue weighted by molar-refractivity contribution is 0.863. The van der Waals surface area contributed by atoms with Crippen LogP contribution < -0.4 is 0 Å². The Balaban J connectivity index is 2.04. The van der Waals surface area contributed by atoms with E-state index in [4.69, 9.17) is 16.6 Å². The summed E-state index contributed by atoms with van der Waals surface area (Å²) >= 11 is 6.50. The predicted octanol–water partition coefficient (Wildman–Crippen LogP) is 3.58. The first-order chi connectivity index (χ1) is 10.8. The maximum Gasteiger partial charge on any atom is 0.135 e. The maximum atomic E-state index is 6.50. The number of pyridine rings is 1. The molecule has 0 saturated heterocycles. The van der Waals surface area contributed by atoms with Crippen molar-refractivity contribution in [2.24, 2.45) is 4.99 Å². The number of hydrogen-bond donors (Lipinski definition) is 0. The van der Waals surface area contributed by atoms with Crippen LogP contribution in [0.4, 0.5) is 0 Å². The molecule has 0 aliphatic carbocycles. The van der Waals surface area contributed by atoms with Crippen molar-refractivity contribution in [3.8, 4) is 5.69 Å². The first kappa shape index (κ1) is 13.2. The number of fused-ring (bicyclic) bond motifs is 3. The van der Waals surface area contributed by atoms with E-state index in [2.05, 4.69) is 14.5 Å². The fourth-order valence-electron chi connectivity index (χ4n) is 2.80. The molecular formula is C17H13ClN4. The summed E-state index contributed by atoms with van der Waals surface area (Å²) in [5.74, 6) is 0.909. The highest BCUT2D eigenvalue weighted by molar-refractivity contribution is 6.36. The number of halogens is 1. The lowest BCUT2D eigenvalue weighted by Gasteiger charge is -2.14. The Kier molecular flexibility index (Phi) is 3.05. The molecule has 0 N–H and O–H groups in total. The van der Waals surface area contributed by atoms with Gasteiger partial charge in [0.2, 0.25) is 0 Å².